The van der Waals surface area contributed by atoms with Crippen LogP contribution in [0.25, 0.3) is 33.3 Å². The molecule has 4 rings (SSSR count). The molecule has 0 atom stereocenters. The van der Waals surface area contributed by atoms with Crippen molar-refractivity contribution in [2.75, 3.05) is 0 Å². The summed E-state index contributed by atoms with van der Waals surface area (Å²) in [6.07, 6.45) is 1.64. The number of benzene rings is 2. The number of aromatic amines is 1. The first-order valence-corrected chi connectivity index (χ1v) is 9.00. The van der Waals surface area contributed by atoms with Gasteiger partial charge in [-0.25, -0.2) is 4.98 Å². The Morgan fingerprint density at radius 2 is 1.85 bits per heavy atom. The van der Waals surface area contributed by atoms with Gasteiger partial charge in [-0.15, -0.1) is 0 Å². The fraction of sp³-hybridized carbons (Fsp3) is 0. The third-order valence-electron chi connectivity index (χ3n) is 3.86. The summed E-state index contributed by atoms with van der Waals surface area (Å²) in [6.45, 7) is 0. The molecule has 2 heterocycles. The Labute approximate surface area is 162 Å². The van der Waals surface area contributed by atoms with Gasteiger partial charge in [0, 0.05) is 16.1 Å². The van der Waals surface area contributed by atoms with E-state index < -0.39 is 0 Å². The Bertz CT molecular complexity index is 1180. The van der Waals surface area contributed by atoms with Gasteiger partial charge in [0.05, 0.1) is 15.9 Å². The molecular formula is C20H12BrClN2O2. The minimum absolute atomic E-state index is 0.229. The molecule has 0 aliphatic heterocycles. The first-order valence-electron chi connectivity index (χ1n) is 7.82. The number of para-hydroxylation sites is 1. The maximum Gasteiger partial charge on any atom is 0.259 e. The number of H-pyrrole nitrogens is 1. The lowest BCUT2D eigenvalue weighted by Gasteiger charge is -2.01. The number of rotatable bonds is 3. The topological polar surface area (TPSA) is 58.9 Å². The maximum atomic E-state index is 12.2. The molecule has 6 heteroatoms. The third-order valence-corrected chi connectivity index (χ3v) is 4.68. The van der Waals surface area contributed by atoms with Gasteiger partial charge in [0.15, 0.2) is 5.82 Å². The highest BCUT2D eigenvalue weighted by atomic mass is 79.9. The highest BCUT2D eigenvalue weighted by molar-refractivity contribution is 9.10. The van der Waals surface area contributed by atoms with E-state index in [0.717, 1.165) is 15.8 Å². The molecule has 0 saturated heterocycles. The average molecular weight is 428 g/mol. The van der Waals surface area contributed by atoms with Gasteiger partial charge >= 0.3 is 0 Å². The molecule has 0 bridgehead atoms. The van der Waals surface area contributed by atoms with Gasteiger partial charge in [-0.05, 0) is 36.4 Å². The van der Waals surface area contributed by atoms with E-state index in [2.05, 4.69) is 25.9 Å². The summed E-state index contributed by atoms with van der Waals surface area (Å²) < 4.78 is 6.83. The van der Waals surface area contributed by atoms with Gasteiger partial charge in [-0.3, -0.25) is 4.79 Å². The molecule has 128 valence electrons. The molecule has 0 radical (unpaired) electrons. The molecule has 0 spiro atoms. The van der Waals surface area contributed by atoms with E-state index in [-0.39, 0.29) is 5.56 Å². The van der Waals surface area contributed by atoms with E-state index in [9.17, 15) is 4.79 Å². The summed E-state index contributed by atoms with van der Waals surface area (Å²) in [4.78, 5) is 19.3. The lowest BCUT2D eigenvalue weighted by molar-refractivity contribution is 0.572. The fourth-order valence-electron chi connectivity index (χ4n) is 2.59. The Kier molecular flexibility index (Phi) is 4.49. The smallest absolute Gasteiger partial charge is 0.259 e. The number of nitrogens with zero attached hydrogens (tertiary/aromatic N) is 1. The lowest BCUT2D eigenvalue weighted by atomic mass is 10.2. The second-order valence-electron chi connectivity index (χ2n) is 5.63. The Hall–Kier alpha value is -2.63. The number of halogens is 2. The Morgan fingerprint density at radius 3 is 2.65 bits per heavy atom. The molecule has 0 aliphatic rings. The van der Waals surface area contributed by atoms with Crippen LogP contribution in [0.4, 0.5) is 0 Å². The first-order chi connectivity index (χ1) is 12.6. The van der Waals surface area contributed by atoms with Gasteiger partial charge in [0.2, 0.25) is 0 Å². The molecule has 0 fully saturated rings. The van der Waals surface area contributed by atoms with Crippen molar-refractivity contribution >= 4 is 49.5 Å². The number of furan rings is 1. The second kappa shape index (κ2) is 6.94. The zero-order chi connectivity index (χ0) is 18.1. The van der Waals surface area contributed by atoms with E-state index in [1.54, 1.807) is 24.3 Å². The monoisotopic (exact) mass is 426 g/mol. The van der Waals surface area contributed by atoms with Crippen LogP contribution in [0.5, 0.6) is 0 Å². The summed E-state index contributed by atoms with van der Waals surface area (Å²) >= 11 is 9.76. The summed E-state index contributed by atoms with van der Waals surface area (Å²) in [5, 5.41) is 0.820. The van der Waals surface area contributed by atoms with Crippen LogP contribution in [0, 0.1) is 0 Å². The van der Waals surface area contributed by atoms with Crippen LogP contribution < -0.4 is 5.56 Å². The first kappa shape index (κ1) is 16.8. The average Bonchev–Trinajstić information content (AvgIpc) is 3.10. The third kappa shape index (κ3) is 3.36. The van der Waals surface area contributed by atoms with Crippen molar-refractivity contribution in [3.8, 4) is 11.3 Å². The van der Waals surface area contributed by atoms with Gasteiger partial charge in [-0.2, -0.15) is 0 Å². The van der Waals surface area contributed by atoms with Crippen LogP contribution in [0.3, 0.4) is 0 Å². The molecule has 0 saturated carbocycles. The number of aromatic nitrogens is 2. The Balaban J connectivity index is 1.68. The minimum Gasteiger partial charge on any atom is -0.457 e. The zero-order valence-electron chi connectivity index (χ0n) is 13.4. The molecule has 0 unspecified atom stereocenters. The normalized spacial score (nSPS) is 11.8. The summed E-state index contributed by atoms with van der Waals surface area (Å²) in [5.41, 5.74) is 1.32. The predicted octanol–water partition coefficient (Wildman–Crippen LogP) is 5.68. The second-order valence-corrected chi connectivity index (χ2v) is 6.96. The molecular weight excluding hydrogens is 416 g/mol. The highest BCUT2D eigenvalue weighted by Gasteiger charge is 2.09. The van der Waals surface area contributed by atoms with Gasteiger partial charge in [0.1, 0.15) is 11.5 Å². The number of hydrogen-bond acceptors (Lipinski definition) is 3. The van der Waals surface area contributed by atoms with Crippen LogP contribution in [0.1, 0.15) is 11.6 Å². The quantitative estimate of drug-likeness (QED) is 0.457. The van der Waals surface area contributed by atoms with Crippen LogP contribution in [0.2, 0.25) is 0 Å². The van der Waals surface area contributed by atoms with E-state index in [4.69, 9.17) is 16.0 Å². The van der Waals surface area contributed by atoms with Crippen molar-refractivity contribution < 1.29 is 4.42 Å². The molecule has 0 amide bonds. The molecule has 26 heavy (non-hydrogen) atoms. The van der Waals surface area contributed by atoms with E-state index in [0.29, 0.717) is 27.5 Å². The van der Waals surface area contributed by atoms with E-state index in [1.807, 2.05) is 42.5 Å². The van der Waals surface area contributed by atoms with Crippen LogP contribution in [-0.2, 0) is 0 Å². The lowest BCUT2D eigenvalue weighted by Crippen LogP contribution is -2.10. The predicted molar refractivity (Wildman–Crippen MR) is 108 cm³/mol. The molecule has 0 aliphatic carbocycles. The van der Waals surface area contributed by atoms with Gasteiger partial charge in [-0.1, -0.05) is 51.8 Å². The number of hydrogen-bond donors (Lipinski definition) is 1. The number of fused-ring (bicyclic) bond motifs is 1. The molecule has 4 aromatic rings. The number of nitrogens with one attached hydrogen (secondary N) is 1. The van der Waals surface area contributed by atoms with Crippen LogP contribution in [-0.4, -0.2) is 9.97 Å². The maximum absolute atomic E-state index is 12.2. The van der Waals surface area contributed by atoms with Crippen molar-refractivity contribution in [1.29, 1.82) is 0 Å². The van der Waals surface area contributed by atoms with Crippen molar-refractivity contribution in [3.63, 3.8) is 0 Å². The van der Waals surface area contributed by atoms with Crippen molar-refractivity contribution in [2.24, 2.45) is 0 Å². The SMILES string of the molecule is O=c1[nH]c(/C(Cl)=C\c2ccc(-c3ccc(Br)cc3)o2)nc2ccccc12. The van der Waals surface area contributed by atoms with Gasteiger partial charge < -0.3 is 9.40 Å². The van der Waals surface area contributed by atoms with Crippen molar-refractivity contribution in [2.45, 2.75) is 0 Å². The van der Waals surface area contributed by atoms with Crippen LogP contribution in [0.15, 0.2) is 74.3 Å². The largest absolute Gasteiger partial charge is 0.457 e. The van der Waals surface area contributed by atoms with E-state index in [1.165, 1.54) is 0 Å². The summed E-state index contributed by atoms with van der Waals surface area (Å²) in [5.74, 6) is 1.61. The minimum atomic E-state index is -0.229. The fourth-order valence-corrected chi connectivity index (χ4v) is 3.05. The highest BCUT2D eigenvalue weighted by Crippen LogP contribution is 2.27. The van der Waals surface area contributed by atoms with Crippen molar-refractivity contribution in [1.82, 2.24) is 9.97 Å². The molecule has 4 nitrogen and oxygen atoms in total. The zero-order valence-corrected chi connectivity index (χ0v) is 15.7. The van der Waals surface area contributed by atoms with E-state index >= 15 is 0 Å². The van der Waals surface area contributed by atoms with Crippen LogP contribution >= 0.6 is 27.5 Å². The summed E-state index contributed by atoms with van der Waals surface area (Å²) in [7, 11) is 0. The molecule has 2 aromatic carbocycles. The summed E-state index contributed by atoms with van der Waals surface area (Å²) in [6, 6.07) is 18.6. The Morgan fingerprint density at radius 1 is 1.08 bits per heavy atom. The molecule has 1 N–H and O–H groups in total. The van der Waals surface area contributed by atoms with Crippen molar-refractivity contribution in [3.05, 3.63) is 87.1 Å². The van der Waals surface area contributed by atoms with Gasteiger partial charge in [0.25, 0.3) is 5.56 Å². The standard InChI is InChI=1S/C20H12BrClN2O2/c21-13-7-5-12(6-8-13)18-10-9-14(26-18)11-16(22)19-23-17-4-2-1-3-15(17)20(25)24-19/h1-11H,(H,23,24,25)/b16-11+. The molecule has 2 aromatic heterocycles.